The Morgan fingerprint density at radius 2 is 2.00 bits per heavy atom. The van der Waals surface area contributed by atoms with Crippen molar-refractivity contribution in [3.8, 4) is 0 Å². The average molecular weight is 333 g/mol. The molecule has 5 nitrogen and oxygen atoms in total. The summed E-state index contributed by atoms with van der Waals surface area (Å²) in [6, 6.07) is 11.6. The fourth-order valence-electron chi connectivity index (χ4n) is 2.35. The highest BCUT2D eigenvalue weighted by molar-refractivity contribution is 6.31. The topological polar surface area (TPSA) is 51.0 Å². The summed E-state index contributed by atoms with van der Waals surface area (Å²) in [4.78, 5) is 14.1. The summed E-state index contributed by atoms with van der Waals surface area (Å²) in [5.41, 5.74) is 0.703. The van der Waals surface area contributed by atoms with Crippen molar-refractivity contribution in [2.45, 2.75) is 13.2 Å². The van der Waals surface area contributed by atoms with Gasteiger partial charge in [0.05, 0.1) is 12.1 Å². The van der Waals surface area contributed by atoms with Gasteiger partial charge >= 0.3 is 0 Å². The smallest absolute Gasteiger partial charge is 0.278 e. The lowest BCUT2D eigenvalue weighted by Crippen LogP contribution is -2.32. The molecule has 0 aliphatic carbocycles. The monoisotopic (exact) mass is 332 g/mol. The molecular formula is C16H14ClFN4O. The Hall–Kier alpha value is -2.31. The molecule has 0 aliphatic heterocycles. The number of rotatable bonds is 4. The fourth-order valence-corrected chi connectivity index (χ4v) is 2.57. The zero-order valence-electron chi connectivity index (χ0n) is 12.4. The van der Waals surface area contributed by atoms with Crippen LogP contribution in [0.1, 0.15) is 5.56 Å². The molecule has 0 bridgehead atoms. The van der Waals surface area contributed by atoms with Crippen LogP contribution in [0, 0.1) is 5.82 Å². The van der Waals surface area contributed by atoms with Gasteiger partial charge in [-0.3, -0.25) is 9.69 Å². The van der Waals surface area contributed by atoms with Gasteiger partial charge in [-0.1, -0.05) is 35.0 Å². The summed E-state index contributed by atoms with van der Waals surface area (Å²) >= 11 is 6.02. The van der Waals surface area contributed by atoms with Gasteiger partial charge in [0.25, 0.3) is 5.56 Å². The van der Waals surface area contributed by atoms with Crippen molar-refractivity contribution in [3.63, 3.8) is 0 Å². The summed E-state index contributed by atoms with van der Waals surface area (Å²) in [7, 11) is 1.76. The quantitative estimate of drug-likeness (QED) is 0.737. The molecule has 0 atom stereocenters. The predicted octanol–water partition coefficient (Wildman–Crippen LogP) is 2.67. The molecule has 3 aromatic rings. The van der Waals surface area contributed by atoms with Crippen LogP contribution in [0.5, 0.6) is 0 Å². The molecule has 0 saturated carbocycles. The Bertz CT molecular complexity index is 892. The predicted molar refractivity (Wildman–Crippen MR) is 86.7 cm³/mol. The van der Waals surface area contributed by atoms with E-state index in [2.05, 4.69) is 10.3 Å². The van der Waals surface area contributed by atoms with Gasteiger partial charge in [-0.25, -0.2) is 4.39 Å². The zero-order chi connectivity index (χ0) is 16.4. The van der Waals surface area contributed by atoms with Crippen LogP contribution in [0.15, 0.2) is 47.3 Å². The van der Waals surface area contributed by atoms with Crippen LogP contribution in [0.4, 0.5) is 4.39 Å². The number of hydrogen-bond acceptors (Lipinski definition) is 4. The molecule has 118 valence electrons. The highest BCUT2D eigenvalue weighted by atomic mass is 35.5. The standard InChI is InChI=1S/C16H14ClFN4O/c1-21(9-12-13(17)6-4-7-14(12)18)10-22-16(23)11-5-2-3-8-15(11)19-20-22/h2-8H,9-10H2,1H3. The zero-order valence-corrected chi connectivity index (χ0v) is 13.2. The van der Waals surface area contributed by atoms with Crippen molar-refractivity contribution in [2.75, 3.05) is 7.05 Å². The van der Waals surface area contributed by atoms with Crippen molar-refractivity contribution in [3.05, 3.63) is 69.2 Å². The number of benzene rings is 2. The second kappa shape index (κ2) is 6.44. The molecule has 0 aliphatic rings. The Morgan fingerprint density at radius 3 is 2.78 bits per heavy atom. The molecule has 0 amide bonds. The second-order valence-electron chi connectivity index (χ2n) is 5.27. The van der Waals surface area contributed by atoms with Crippen LogP contribution in [-0.4, -0.2) is 26.9 Å². The summed E-state index contributed by atoms with van der Waals surface area (Å²) < 4.78 is 15.1. The normalized spacial score (nSPS) is 11.3. The molecule has 1 aromatic heterocycles. The molecule has 0 saturated heterocycles. The number of halogens is 2. The highest BCUT2D eigenvalue weighted by Crippen LogP contribution is 2.20. The molecule has 2 aromatic carbocycles. The SMILES string of the molecule is CN(Cc1c(F)cccc1Cl)Cn1nnc2ccccc2c1=O. The van der Waals surface area contributed by atoms with Crippen LogP contribution in [0.2, 0.25) is 5.02 Å². The van der Waals surface area contributed by atoms with Crippen LogP contribution in [-0.2, 0) is 13.2 Å². The van der Waals surface area contributed by atoms with E-state index in [1.54, 1.807) is 48.3 Å². The van der Waals surface area contributed by atoms with Crippen molar-refractivity contribution in [1.82, 2.24) is 19.9 Å². The van der Waals surface area contributed by atoms with E-state index >= 15 is 0 Å². The van der Waals surface area contributed by atoms with Gasteiger partial charge in [0.2, 0.25) is 0 Å². The summed E-state index contributed by atoms with van der Waals surface area (Å²) in [5, 5.41) is 8.80. The first kappa shape index (κ1) is 15.6. The Kier molecular flexibility index (Phi) is 4.36. The van der Waals surface area contributed by atoms with Gasteiger partial charge in [0.1, 0.15) is 11.3 Å². The van der Waals surface area contributed by atoms with E-state index in [0.717, 1.165) is 0 Å². The van der Waals surface area contributed by atoms with Crippen molar-refractivity contribution in [1.29, 1.82) is 0 Å². The fraction of sp³-hybridized carbons (Fsp3) is 0.188. The summed E-state index contributed by atoms with van der Waals surface area (Å²) in [5.74, 6) is -0.374. The van der Waals surface area contributed by atoms with Crippen LogP contribution < -0.4 is 5.56 Å². The third kappa shape index (κ3) is 3.23. The average Bonchev–Trinajstić information content (AvgIpc) is 2.54. The van der Waals surface area contributed by atoms with Crippen molar-refractivity contribution in [2.24, 2.45) is 0 Å². The molecule has 0 spiro atoms. The minimum atomic E-state index is -0.374. The summed E-state index contributed by atoms with van der Waals surface area (Å²) in [6.45, 7) is 0.438. The van der Waals surface area contributed by atoms with E-state index in [4.69, 9.17) is 11.6 Å². The number of nitrogens with zero attached hydrogens (tertiary/aromatic N) is 4. The van der Waals surface area contributed by atoms with Crippen LogP contribution >= 0.6 is 11.6 Å². The summed E-state index contributed by atoms with van der Waals surface area (Å²) in [6.07, 6.45) is 0. The molecule has 7 heteroatoms. The third-order valence-electron chi connectivity index (χ3n) is 3.49. The van der Waals surface area contributed by atoms with E-state index < -0.39 is 0 Å². The maximum atomic E-state index is 13.8. The van der Waals surface area contributed by atoms with E-state index in [1.165, 1.54) is 10.7 Å². The minimum absolute atomic E-state index is 0.182. The second-order valence-corrected chi connectivity index (χ2v) is 5.67. The molecule has 0 unspecified atom stereocenters. The first-order chi connectivity index (χ1) is 11.1. The minimum Gasteiger partial charge on any atom is -0.283 e. The number of aromatic nitrogens is 3. The van der Waals surface area contributed by atoms with E-state index in [9.17, 15) is 9.18 Å². The van der Waals surface area contributed by atoms with Gasteiger partial charge in [0.15, 0.2) is 0 Å². The Labute approximate surface area is 136 Å². The Morgan fingerprint density at radius 1 is 1.22 bits per heavy atom. The molecule has 23 heavy (non-hydrogen) atoms. The molecule has 3 rings (SSSR count). The van der Waals surface area contributed by atoms with Gasteiger partial charge < -0.3 is 0 Å². The molecular weight excluding hydrogens is 319 g/mol. The lowest BCUT2D eigenvalue weighted by molar-refractivity contribution is 0.234. The lowest BCUT2D eigenvalue weighted by atomic mass is 10.2. The molecule has 0 radical (unpaired) electrons. The van der Waals surface area contributed by atoms with Gasteiger partial charge in [-0.15, -0.1) is 5.10 Å². The van der Waals surface area contributed by atoms with E-state index in [-0.39, 0.29) is 24.6 Å². The lowest BCUT2D eigenvalue weighted by Gasteiger charge is -2.18. The van der Waals surface area contributed by atoms with Crippen LogP contribution in [0.25, 0.3) is 10.9 Å². The maximum absolute atomic E-state index is 13.8. The van der Waals surface area contributed by atoms with Gasteiger partial charge in [0, 0.05) is 17.1 Å². The van der Waals surface area contributed by atoms with Gasteiger partial charge in [-0.05, 0) is 31.3 Å². The highest BCUT2D eigenvalue weighted by Gasteiger charge is 2.12. The number of fused-ring (bicyclic) bond motifs is 1. The first-order valence-corrected chi connectivity index (χ1v) is 7.38. The third-order valence-corrected chi connectivity index (χ3v) is 3.85. The van der Waals surface area contributed by atoms with Crippen molar-refractivity contribution >= 4 is 22.5 Å². The molecule has 1 heterocycles. The molecule has 0 fully saturated rings. The maximum Gasteiger partial charge on any atom is 0.278 e. The molecule has 0 N–H and O–H groups in total. The van der Waals surface area contributed by atoms with E-state index in [1.807, 2.05) is 0 Å². The van der Waals surface area contributed by atoms with E-state index in [0.29, 0.717) is 21.5 Å². The van der Waals surface area contributed by atoms with Crippen LogP contribution in [0.3, 0.4) is 0 Å². The van der Waals surface area contributed by atoms with Gasteiger partial charge in [-0.2, -0.15) is 4.68 Å². The van der Waals surface area contributed by atoms with Crippen molar-refractivity contribution < 1.29 is 4.39 Å². The largest absolute Gasteiger partial charge is 0.283 e. The number of hydrogen-bond donors (Lipinski definition) is 0. The Balaban J connectivity index is 1.85. The first-order valence-electron chi connectivity index (χ1n) is 7.00.